The summed E-state index contributed by atoms with van der Waals surface area (Å²) in [6, 6.07) is 20.4. The van der Waals surface area contributed by atoms with Crippen molar-refractivity contribution in [2.24, 2.45) is 11.7 Å². The lowest BCUT2D eigenvalue weighted by atomic mass is 9.72. The number of halogens is 1. The maximum atomic E-state index is 15.7. The number of nitrogens with zero attached hydrogens (tertiary/aromatic N) is 1. The summed E-state index contributed by atoms with van der Waals surface area (Å²) in [5.41, 5.74) is 7.78. The number of alkyl carbamates (subject to hydrolysis) is 1. The third-order valence-electron chi connectivity index (χ3n) is 8.66. The first-order valence-electron chi connectivity index (χ1n) is 15.8. The van der Waals surface area contributed by atoms with Crippen LogP contribution in [0.2, 0.25) is 0 Å². The van der Waals surface area contributed by atoms with Gasteiger partial charge in [-0.3, -0.25) is 9.59 Å². The zero-order chi connectivity index (χ0) is 33.1. The molecule has 46 heavy (non-hydrogen) atoms. The second-order valence-corrected chi connectivity index (χ2v) is 11.7. The fourth-order valence-electron chi connectivity index (χ4n) is 6.13. The maximum Gasteiger partial charge on any atom is 0.406 e. The van der Waals surface area contributed by atoms with Gasteiger partial charge in [0.25, 0.3) is 0 Å². The van der Waals surface area contributed by atoms with Gasteiger partial charge in [-0.25, -0.2) is 9.18 Å². The Kier molecular flexibility index (Phi) is 12.3. The van der Waals surface area contributed by atoms with Crippen LogP contribution in [0, 0.1) is 11.7 Å². The monoisotopic (exact) mass is 633 g/mol. The third kappa shape index (κ3) is 8.70. The highest BCUT2D eigenvalue weighted by Crippen LogP contribution is 2.44. The molecule has 3 unspecified atom stereocenters. The van der Waals surface area contributed by atoms with Gasteiger partial charge in [0, 0.05) is 31.1 Å². The van der Waals surface area contributed by atoms with Gasteiger partial charge >= 0.3 is 12.1 Å². The van der Waals surface area contributed by atoms with E-state index in [-0.39, 0.29) is 38.4 Å². The molecule has 1 saturated heterocycles. The Hall–Kier alpha value is -4.28. The van der Waals surface area contributed by atoms with E-state index in [1.165, 1.54) is 13.2 Å². The van der Waals surface area contributed by atoms with Gasteiger partial charge in [0.2, 0.25) is 5.91 Å². The van der Waals surface area contributed by atoms with Crippen LogP contribution in [0.4, 0.5) is 9.18 Å². The predicted octanol–water partition coefficient (Wildman–Crippen LogP) is 5.08. The molecule has 1 aliphatic heterocycles. The van der Waals surface area contributed by atoms with Crippen LogP contribution in [0.1, 0.15) is 55.7 Å². The molecule has 246 valence electrons. The minimum atomic E-state index is -1.55. The van der Waals surface area contributed by atoms with E-state index in [0.29, 0.717) is 42.5 Å². The number of carbonyl (C=O) groups is 3. The number of methoxy groups -OCH3 is 1. The van der Waals surface area contributed by atoms with E-state index >= 15 is 4.39 Å². The predicted molar refractivity (Wildman–Crippen MR) is 173 cm³/mol. The normalized spacial score (nSPS) is 16.6. The lowest BCUT2D eigenvalue weighted by Crippen LogP contribution is -2.50. The van der Waals surface area contributed by atoms with Crippen LogP contribution in [0.25, 0.3) is 11.1 Å². The van der Waals surface area contributed by atoms with Crippen LogP contribution in [0.15, 0.2) is 72.8 Å². The smallest absolute Gasteiger partial charge is 0.406 e. The van der Waals surface area contributed by atoms with Crippen molar-refractivity contribution in [1.29, 1.82) is 0 Å². The molecule has 1 heterocycles. The molecule has 2 amide bonds. The summed E-state index contributed by atoms with van der Waals surface area (Å²) in [6.07, 6.45) is 1.70. The number of rotatable bonds is 13. The van der Waals surface area contributed by atoms with Crippen molar-refractivity contribution >= 4 is 18.0 Å². The first kappa shape index (κ1) is 34.6. The molecule has 1 aliphatic rings. The van der Waals surface area contributed by atoms with Crippen LogP contribution in [0.3, 0.4) is 0 Å². The average Bonchev–Trinajstić information content (AvgIpc) is 3.09. The summed E-state index contributed by atoms with van der Waals surface area (Å²) in [5.74, 6) is -1.90. The maximum absolute atomic E-state index is 15.7. The van der Waals surface area contributed by atoms with Gasteiger partial charge in [0.05, 0.1) is 19.1 Å². The Labute approximate surface area is 269 Å². The summed E-state index contributed by atoms with van der Waals surface area (Å²) in [4.78, 5) is 39.3. The summed E-state index contributed by atoms with van der Waals surface area (Å²) in [6.45, 7) is 2.95. The molecule has 10 heteroatoms. The Morgan fingerprint density at radius 3 is 2.57 bits per heavy atom. The Morgan fingerprint density at radius 1 is 1.09 bits per heavy atom. The molecular formula is C36H44FN3O6. The highest BCUT2D eigenvalue weighted by molar-refractivity contribution is 5.85. The van der Waals surface area contributed by atoms with Gasteiger partial charge in [-0.1, -0.05) is 73.7 Å². The first-order valence-corrected chi connectivity index (χ1v) is 15.8. The minimum Gasteiger partial charge on any atom is -0.460 e. The SMILES string of the molecule is CCc1cccc(-c2c(F)cccc2C(O)(CCCNC(=O)OC)C2CCCN(C(=O)CC(N)C(=O)OCc3ccccc3)C2)c1. The van der Waals surface area contributed by atoms with E-state index in [9.17, 15) is 19.5 Å². The van der Waals surface area contributed by atoms with Crippen molar-refractivity contribution in [2.45, 2.75) is 63.7 Å². The highest BCUT2D eigenvalue weighted by Gasteiger charge is 2.43. The molecule has 0 aromatic heterocycles. The number of aryl methyl sites for hydroxylation is 1. The van der Waals surface area contributed by atoms with Crippen molar-refractivity contribution in [3.63, 3.8) is 0 Å². The molecule has 0 aliphatic carbocycles. The molecule has 4 N–H and O–H groups in total. The lowest BCUT2D eigenvalue weighted by Gasteiger charge is -2.44. The van der Waals surface area contributed by atoms with Crippen molar-refractivity contribution in [1.82, 2.24) is 10.2 Å². The minimum absolute atomic E-state index is 0.0579. The molecule has 3 atom stereocenters. The van der Waals surface area contributed by atoms with Gasteiger partial charge in [-0.05, 0) is 60.4 Å². The summed E-state index contributed by atoms with van der Waals surface area (Å²) in [5, 5.41) is 15.3. The van der Waals surface area contributed by atoms with Crippen LogP contribution in [0.5, 0.6) is 0 Å². The van der Waals surface area contributed by atoms with E-state index in [1.54, 1.807) is 17.0 Å². The number of likely N-dealkylation sites (tertiary alicyclic amines) is 1. The number of nitrogens with two attached hydrogens (primary N) is 1. The number of amides is 2. The fourth-order valence-corrected chi connectivity index (χ4v) is 6.13. The van der Waals surface area contributed by atoms with E-state index in [1.807, 2.05) is 61.5 Å². The number of ether oxygens (including phenoxy) is 2. The highest BCUT2D eigenvalue weighted by atomic mass is 19.1. The second-order valence-electron chi connectivity index (χ2n) is 11.7. The average molecular weight is 634 g/mol. The van der Waals surface area contributed by atoms with Crippen molar-refractivity contribution in [3.8, 4) is 11.1 Å². The number of piperidine rings is 1. The molecular weight excluding hydrogens is 589 g/mol. The van der Waals surface area contributed by atoms with Crippen LogP contribution in [-0.4, -0.2) is 60.8 Å². The zero-order valence-corrected chi connectivity index (χ0v) is 26.5. The van der Waals surface area contributed by atoms with Gasteiger partial charge in [-0.2, -0.15) is 0 Å². The van der Waals surface area contributed by atoms with E-state index in [0.717, 1.165) is 17.5 Å². The molecule has 9 nitrogen and oxygen atoms in total. The number of hydrogen-bond donors (Lipinski definition) is 3. The molecule has 0 bridgehead atoms. The molecule has 3 aromatic rings. The van der Waals surface area contributed by atoms with Crippen LogP contribution < -0.4 is 11.1 Å². The molecule has 1 fully saturated rings. The molecule has 0 spiro atoms. The first-order chi connectivity index (χ1) is 22.2. The standard InChI is InChI=1S/C36H44FN3O6/c1-3-25-13-7-14-27(21-25)33-29(16-8-17-30(33)37)36(44,18-10-19-39-35(43)45-2)28-15-9-20-40(23-28)32(41)22-31(38)34(42)46-24-26-11-5-4-6-12-26/h4-8,11-14,16-17,21,28,31,44H,3,9-10,15,18-20,22-24,38H2,1-2H3,(H,39,43). The van der Waals surface area contributed by atoms with E-state index in [2.05, 4.69) is 10.1 Å². The molecule has 0 radical (unpaired) electrons. The number of aliphatic hydroxyl groups is 1. The lowest BCUT2D eigenvalue weighted by molar-refractivity contribution is -0.150. The number of hydrogen-bond acceptors (Lipinski definition) is 7. The Bertz CT molecular complexity index is 1490. The number of carbonyl (C=O) groups excluding carboxylic acids is 3. The fraction of sp³-hybridized carbons (Fsp3) is 0.417. The number of esters is 1. The van der Waals surface area contributed by atoms with Gasteiger partial charge < -0.3 is 30.5 Å². The second kappa shape index (κ2) is 16.3. The van der Waals surface area contributed by atoms with Crippen LogP contribution >= 0.6 is 0 Å². The van der Waals surface area contributed by atoms with Gasteiger partial charge in [-0.15, -0.1) is 0 Å². The van der Waals surface area contributed by atoms with E-state index < -0.39 is 35.4 Å². The third-order valence-corrected chi connectivity index (χ3v) is 8.66. The molecule has 3 aromatic carbocycles. The summed E-state index contributed by atoms with van der Waals surface area (Å²) >= 11 is 0. The Balaban J connectivity index is 1.56. The van der Waals surface area contributed by atoms with Crippen molar-refractivity contribution in [2.75, 3.05) is 26.7 Å². The quantitative estimate of drug-likeness (QED) is 0.177. The zero-order valence-electron chi connectivity index (χ0n) is 26.5. The van der Waals surface area contributed by atoms with Crippen LogP contribution in [-0.2, 0) is 37.7 Å². The van der Waals surface area contributed by atoms with Crippen molar-refractivity contribution < 1.29 is 33.4 Å². The van der Waals surface area contributed by atoms with Gasteiger partial charge in [0.15, 0.2) is 0 Å². The van der Waals surface area contributed by atoms with E-state index in [4.69, 9.17) is 10.5 Å². The van der Waals surface area contributed by atoms with Crippen molar-refractivity contribution in [3.05, 3.63) is 95.3 Å². The molecule has 0 saturated carbocycles. The topological polar surface area (TPSA) is 131 Å². The largest absolute Gasteiger partial charge is 0.460 e. The molecule has 4 rings (SSSR count). The summed E-state index contributed by atoms with van der Waals surface area (Å²) in [7, 11) is 1.28. The number of benzene rings is 3. The number of nitrogens with one attached hydrogen (secondary N) is 1. The summed E-state index contributed by atoms with van der Waals surface area (Å²) < 4.78 is 25.7. The Morgan fingerprint density at radius 2 is 1.83 bits per heavy atom. The van der Waals surface area contributed by atoms with Gasteiger partial charge in [0.1, 0.15) is 18.5 Å².